The molecule has 19 heavy (non-hydrogen) atoms. The molecule has 0 fully saturated rings. The van der Waals surface area contributed by atoms with Crippen LogP contribution in [0.3, 0.4) is 0 Å². The molecule has 0 unspecified atom stereocenters. The van der Waals surface area contributed by atoms with E-state index < -0.39 is 0 Å². The second-order valence-corrected chi connectivity index (χ2v) is 5.09. The molecule has 0 aromatic carbocycles. The van der Waals surface area contributed by atoms with Crippen molar-refractivity contribution in [3.05, 3.63) is 11.9 Å². The minimum Gasteiger partial charge on any atom is -0.370 e. The van der Waals surface area contributed by atoms with Crippen molar-refractivity contribution in [1.82, 2.24) is 9.97 Å². The predicted molar refractivity (Wildman–Crippen MR) is 83.0 cm³/mol. The van der Waals surface area contributed by atoms with Gasteiger partial charge >= 0.3 is 0 Å². The predicted octanol–water partition coefficient (Wildman–Crippen LogP) is 3.49. The average molecular weight is 264 g/mol. The summed E-state index contributed by atoms with van der Waals surface area (Å²) in [5.74, 6) is 2.10. The van der Waals surface area contributed by atoms with Crippen LogP contribution in [0.2, 0.25) is 0 Å². The second-order valence-electron chi connectivity index (χ2n) is 5.09. The fourth-order valence-electron chi connectivity index (χ4n) is 2.30. The lowest BCUT2D eigenvalue weighted by Crippen LogP contribution is -2.33. The van der Waals surface area contributed by atoms with E-state index in [1.807, 2.05) is 0 Å². The van der Waals surface area contributed by atoms with Crippen LogP contribution < -0.4 is 10.2 Å². The molecule has 0 bridgehead atoms. The minimum atomic E-state index is 0.458. The van der Waals surface area contributed by atoms with Crippen molar-refractivity contribution in [2.75, 3.05) is 23.3 Å². The summed E-state index contributed by atoms with van der Waals surface area (Å²) in [7, 11) is 0. The third kappa shape index (κ3) is 4.08. The molecule has 0 radical (unpaired) electrons. The Morgan fingerprint density at radius 1 is 1.16 bits per heavy atom. The summed E-state index contributed by atoms with van der Waals surface area (Å²) in [4.78, 5) is 11.3. The first kappa shape index (κ1) is 15.7. The van der Waals surface area contributed by atoms with E-state index in [-0.39, 0.29) is 0 Å². The summed E-state index contributed by atoms with van der Waals surface area (Å²) in [6.45, 7) is 12.9. The monoisotopic (exact) mass is 264 g/mol. The van der Waals surface area contributed by atoms with Crippen LogP contribution >= 0.6 is 0 Å². The van der Waals surface area contributed by atoms with E-state index in [4.69, 9.17) is 0 Å². The van der Waals surface area contributed by atoms with Crippen molar-refractivity contribution in [3.63, 3.8) is 0 Å². The van der Waals surface area contributed by atoms with Crippen LogP contribution in [0.4, 0.5) is 11.6 Å². The van der Waals surface area contributed by atoms with E-state index >= 15 is 0 Å². The van der Waals surface area contributed by atoms with Crippen molar-refractivity contribution in [1.29, 1.82) is 0 Å². The molecule has 0 saturated heterocycles. The summed E-state index contributed by atoms with van der Waals surface area (Å²) in [6, 6.07) is 0.458. The van der Waals surface area contributed by atoms with Gasteiger partial charge in [0, 0.05) is 24.7 Å². The number of aromatic nitrogens is 2. The van der Waals surface area contributed by atoms with Gasteiger partial charge in [0.15, 0.2) is 0 Å². The van der Waals surface area contributed by atoms with Gasteiger partial charge in [-0.3, -0.25) is 0 Å². The van der Waals surface area contributed by atoms with E-state index in [1.54, 1.807) is 6.33 Å². The highest BCUT2D eigenvalue weighted by Crippen LogP contribution is 2.26. The third-order valence-corrected chi connectivity index (χ3v) is 3.13. The Morgan fingerprint density at radius 2 is 1.89 bits per heavy atom. The first-order chi connectivity index (χ1) is 9.15. The van der Waals surface area contributed by atoms with Crippen LogP contribution in [-0.2, 0) is 6.42 Å². The zero-order valence-corrected chi connectivity index (χ0v) is 13.0. The normalized spacial score (nSPS) is 10.8. The highest BCUT2D eigenvalue weighted by molar-refractivity contribution is 5.59. The van der Waals surface area contributed by atoms with E-state index in [0.29, 0.717) is 6.04 Å². The average Bonchev–Trinajstić information content (AvgIpc) is 2.38. The zero-order valence-electron chi connectivity index (χ0n) is 13.0. The number of hydrogen-bond donors (Lipinski definition) is 1. The molecular weight excluding hydrogens is 236 g/mol. The van der Waals surface area contributed by atoms with Gasteiger partial charge < -0.3 is 10.2 Å². The number of rotatable bonds is 8. The van der Waals surface area contributed by atoms with E-state index in [9.17, 15) is 0 Å². The van der Waals surface area contributed by atoms with Crippen LogP contribution in [0, 0.1) is 0 Å². The number of anilines is 2. The quantitative estimate of drug-likeness (QED) is 0.780. The zero-order chi connectivity index (χ0) is 14.3. The largest absolute Gasteiger partial charge is 0.370 e. The van der Waals surface area contributed by atoms with Crippen molar-refractivity contribution < 1.29 is 0 Å². The first-order valence-electron chi connectivity index (χ1n) is 7.49. The lowest BCUT2D eigenvalue weighted by molar-refractivity contribution is 0.655. The fourth-order valence-corrected chi connectivity index (χ4v) is 2.30. The van der Waals surface area contributed by atoms with Crippen molar-refractivity contribution in [3.8, 4) is 0 Å². The number of nitrogens with zero attached hydrogens (tertiary/aromatic N) is 3. The van der Waals surface area contributed by atoms with E-state index in [1.165, 1.54) is 5.56 Å². The van der Waals surface area contributed by atoms with Crippen LogP contribution in [0.1, 0.15) is 53.0 Å². The third-order valence-electron chi connectivity index (χ3n) is 3.13. The minimum absolute atomic E-state index is 0.458. The number of nitrogens with one attached hydrogen (secondary N) is 1. The summed E-state index contributed by atoms with van der Waals surface area (Å²) in [5, 5.41) is 3.36. The highest BCUT2D eigenvalue weighted by atomic mass is 15.2. The summed E-state index contributed by atoms with van der Waals surface area (Å²) in [5.41, 5.74) is 1.26. The lowest BCUT2D eigenvalue weighted by Gasteiger charge is -2.30. The SMILES string of the molecule is CCCc1c(NCC)ncnc1N(CCC)C(C)C. The Hall–Kier alpha value is -1.32. The Bertz CT molecular complexity index is 376. The molecule has 0 saturated carbocycles. The maximum Gasteiger partial charge on any atom is 0.137 e. The maximum atomic E-state index is 4.56. The Kier molecular flexibility index (Phi) is 6.60. The molecule has 0 amide bonds. The number of hydrogen-bond acceptors (Lipinski definition) is 4. The molecule has 108 valence electrons. The van der Waals surface area contributed by atoms with Gasteiger partial charge in [0.05, 0.1) is 0 Å². The topological polar surface area (TPSA) is 41.1 Å². The van der Waals surface area contributed by atoms with Crippen LogP contribution in [0.5, 0.6) is 0 Å². The van der Waals surface area contributed by atoms with Crippen molar-refractivity contribution in [2.24, 2.45) is 0 Å². The van der Waals surface area contributed by atoms with Gasteiger partial charge in [-0.25, -0.2) is 9.97 Å². The molecule has 0 aliphatic carbocycles. The summed E-state index contributed by atoms with van der Waals surface area (Å²) >= 11 is 0. The molecule has 1 heterocycles. The molecule has 1 aromatic heterocycles. The standard InChI is InChI=1S/C15H28N4/c1-6-9-13-14(16-8-3)17-11-18-15(13)19(10-7-2)12(4)5/h11-12H,6-10H2,1-5H3,(H,16,17,18). The molecular formula is C15H28N4. The van der Waals surface area contributed by atoms with Crippen LogP contribution in [-0.4, -0.2) is 29.1 Å². The van der Waals surface area contributed by atoms with Crippen molar-refractivity contribution >= 4 is 11.6 Å². The van der Waals surface area contributed by atoms with Gasteiger partial charge in [0.2, 0.25) is 0 Å². The molecule has 1 N–H and O–H groups in total. The van der Waals surface area contributed by atoms with Gasteiger partial charge in [0.25, 0.3) is 0 Å². The lowest BCUT2D eigenvalue weighted by atomic mass is 10.1. The van der Waals surface area contributed by atoms with Crippen LogP contribution in [0.25, 0.3) is 0 Å². The van der Waals surface area contributed by atoms with E-state index in [2.05, 4.69) is 54.8 Å². The Balaban J connectivity index is 3.18. The van der Waals surface area contributed by atoms with E-state index in [0.717, 1.165) is 44.0 Å². The van der Waals surface area contributed by atoms with Crippen molar-refractivity contribution in [2.45, 2.75) is 59.9 Å². The first-order valence-corrected chi connectivity index (χ1v) is 7.49. The Labute approximate surface area is 117 Å². The van der Waals surface area contributed by atoms with Crippen LogP contribution in [0.15, 0.2) is 6.33 Å². The van der Waals surface area contributed by atoms with Gasteiger partial charge in [0.1, 0.15) is 18.0 Å². The molecule has 1 aromatic rings. The van der Waals surface area contributed by atoms with Gasteiger partial charge in [-0.2, -0.15) is 0 Å². The van der Waals surface area contributed by atoms with Gasteiger partial charge in [-0.05, 0) is 33.6 Å². The smallest absolute Gasteiger partial charge is 0.137 e. The van der Waals surface area contributed by atoms with Gasteiger partial charge in [-0.15, -0.1) is 0 Å². The summed E-state index contributed by atoms with van der Waals surface area (Å²) in [6.07, 6.45) is 4.93. The second kappa shape index (κ2) is 7.97. The summed E-state index contributed by atoms with van der Waals surface area (Å²) < 4.78 is 0. The molecule has 4 nitrogen and oxygen atoms in total. The molecule has 0 atom stereocenters. The molecule has 0 aliphatic rings. The molecule has 0 aliphatic heterocycles. The maximum absolute atomic E-state index is 4.56. The fraction of sp³-hybridized carbons (Fsp3) is 0.733. The molecule has 4 heteroatoms. The Morgan fingerprint density at radius 3 is 2.42 bits per heavy atom. The molecule has 0 spiro atoms. The highest BCUT2D eigenvalue weighted by Gasteiger charge is 2.18. The van der Waals surface area contributed by atoms with Gasteiger partial charge in [-0.1, -0.05) is 20.3 Å². The molecule has 1 rings (SSSR count).